The number of nitrogens with one attached hydrogen (secondary N) is 2. The maximum Gasteiger partial charge on any atom is 0.316 e. The van der Waals surface area contributed by atoms with Gasteiger partial charge in [-0.2, -0.15) is 0 Å². The lowest BCUT2D eigenvalue weighted by Gasteiger charge is -2.33. The molecule has 0 saturated carbocycles. The van der Waals surface area contributed by atoms with Crippen LogP contribution in [0.25, 0.3) is 22.3 Å². The second-order valence-electron chi connectivity index (χ2n) is 8.93. The maximum absolute atomic E-state index is 14.6. The monoisotopic (exact) mass is 480 g/mol. The number of pyridine rings is 2. The van der Waals surface area contributed by atoms with Gasteiger partial charge in [-0.05, 0) is 36.6 Å². The smallest absolute Gasteiger partial charge is 0.316 e. The van der Waals surface area contributed by atoms with Crippen molar-refractivity contribution in [2.75, 3.05) is 14.2 Å². The first-order chi connectivity index (χ1) is 16.7. The number of fused-ring (bicyclic) bond motifs is 5. The highest BCUT2D eigenvalue weighted by molar-refractivity contribution is 5.90. The number of hydrogen-bond donors (Lipinski definition) is 2. The molecule has 10 heteroatoms. The fraction of sp³-hybridized carbons (Fsp3) is 0.360. The lowest BCUT2D eigenvalue weighted by atomic mass is 9.76. The number of nitrogens with zero attached hydrogens (tertiary/aromatic N) is 2. The quantitative estimate of drug-likeness (QED) is 0.435. The van der Waals surface area contributed by atoms with E-state index < -0.39 is 11.2 Å². The molecule has 2 aromatic heterocycles. The third-order valence-corrected chi connectivity index (χ3v) is 7.19. The lowest BCUT2D eigenvalue weighted by Crippen LogP contribution is -2.42. The van der Waals surface area contributed by atoms with Crippen LogP contribution in [0.1, 0.15) is 42.5 Å². The van der Waals surface area contributed by atoms with E-state index >= 15 is 0 Å². The minimum atomic E-state index is -0.953. The first kappa shape index (κ1) is 22.8. The summed E-state index contributed by atoms with van der Waals surface area (Å²) in [5.74, 6) is -0.885. The Hall–Kier alpha value is -3.95. The zero-order valence-corrected chi connectivity index (χ0v) is 19.9. The lowest BCUT2D eigenvalue weighted by molar-refractivity contribution is -0.153. The van der Waals surface area contributed by atoms with Gasteiger partial charge in [-0.15, -0.1) is 0 Å². The zero-order valence-electron chi connectivity index (χ0n) is 19.9. The van der Waals surface area contributed by atoms with Gasteiger partial charge < -0.3 is 24.7 Å². The van der Waals surface area contributed by atoms with Crippen LogP contribution in [-0.4, -0.2) is 35.7 Å². The molecule has 0 unspecified atom stereocenters. The molecule has 0 bridgehead atoms. The number of rotatable bonds is 4. The minimum absolute atomic E-state index is 0.0537. The summed E-state index contributed by atoms with van der Waals surface area (Å²) in [4.78, 5) is 42.8. The molecule has 5 rings (SSSR count). The Morgan fingerprint density at radius 2 is 2.06 bits per heavy atom. The molecule has 2 N–H and O–H groups in total. The highest BCUT2D eigenvalue weighted by Gasteiger charge is 2.43. The van der Waals surface area contributed by atoms with Crippen molar-refractivity contribution < 1.29 is 23.5 Å². The number of methoxy groups -OCH3 is 1. The van der Waals surface area contributed by atoms with E-state index in [0.717, 1.165) is 5.56 Å². The van der Waals surface area contributed by atoms with Crippen LogP contribution in [0.4, 0.5) is 9.18 Å². The van der Waals surface area contributed by atoms with Crippen molar-refractivity contribution in [1.82, 2.24) is 20.2 Å². The summed E-state index contributed by atoms with van der Waals surface area (Å²) in [7, 11) is 2.89. The fourth-order valence-corrected chi connectivity index (χ4v) is 4.94. The van der Waals surface area contributed by atoms with Crippen LogP contribution in [-0.2, 0) is 34.6 Å². The third kappa shape index (κ3) is 3.27. The van der Waals surface area contributed by atoms with E-state index in [1.165, 1.54) is 20.2 Å². The van der Waals surface area contributed by atoms with Crippen LogP contribution in [0.15, 0.2) is 23.0 Å². The first-order valence-corrected chi connectivity index (χ1v) is 11.3. The van der Waals surface area contributed by atoms with Gasteiger partial charge in [0.1, 0.15) is 6.61 Å². The molecule has 2 aliphatic rings. The number of aromatic nitrogens is 2. The molecule has 4 heterocycles. The topological polar surface area (TPSA) is 112 Å². The Morgan fingerprint density at radius 1 is 1.29 bits per heavy atom. The van der Waals surface area contributed by atoms with Gasteiger partial charge in [0.15, 0.2) is 11.6 Å². The number of cyclic esters (lactones) is 1. The van der Waals surface area contributed by atoms with Crippen molar-refractivity contribution in [3.05, 3.63) is 56.6 Å². The Labute approximate surface area is 200 Å². The molecule has 9 nitrogen and oxygen atoms in total. The number of carbonyl (C=O) groups excluding carboxylic acids is 2. The highest BCUT2D eigenvalue weighted by Crippen LogP contribution is 2.41. The van der Waals surface area contributed by atoms with Gasteiger partial charge in [0, 0.05) is 30.6 Å². The average Bonchev–Trinajstić information content (AvgIpc) is 3.22. The van der Waals surface area contributed by atoms with Crippen molar-refractivity contribution in [2.24, 2.45) is 0 Å². The van der Waals surface area contributed by atoms with E-state index in [1.807, 2.05) is 13.0 Å². The Balaban J connectivity index is 1.78. The maximum atomic E-state index is 14.6. The van der Waals surface area contributed by atoms with Gasteiger partial charge in [0.25, 0.3) is 5.56 Å². The molecule has 0 saturated heterocycles. The van der Waals surface area contributed by atoms with Crippen LogP contribution < -0.4 is 20.9 Å². The molecule has 0 spiro atoms. The Morgan fingerprint density at radius 3 is 2.74 bits per heavy atom. The molecular weight excluding hydrogens is 455 g/mol. The Bertz CT molecular complexity index is 1480. The van der Waals surface area contributed by atoms with Gasteiger partial charge in [-0.25, -0.2) is 14.2 Å². The number of benzene rings is 1. The number of amides is 2. The molecule has 1 atom stereocenters. The summed E-state index contributed by atoms with van der Waals surface area (Å²) in [5.41, 5.74) is 2.77. The van der Waals surface area contributed by atoms with Gasteiger partial charge in [0.2, 0.25) is 0 Å². The van der Waals surface area contributed by atoms with Crippen LogP contribution >= 0.6 is 0 Å². The van der Waals surface area contributed by atoms with Crippen LogP contribution in [0.2, 0.25) is 0 Å². The third-order valence-electron chi connectivity index (χ3n) is 7.19. The summed E-state index contributed by atoms with van der Waals surface area (Å²) >= 11 is 0. The summed E-state index contributed by atoms with van der Waals surface area (Å²) in [6, 6.07) is 4.29. The van der Waals surface area contributed by atoms with Crippen molar-refractivity contribution >= 4 is 22.9 Å². The molecule has 182 valence electrons. The van der Waals surface area contributed by atoms with Gasteiger partial charge >= 0.3 is 12.0 Å². The van der Waals surface area contributed by atoms with Gasteiger partial charge in [0.05, 0.1) is 41.5 Å². The second kappa shape index (κ2) is 8.07. The fourth-order valence-electron chi connectivity index (χ4n) is 4.94. The van der Waals surface area contributed by atoms with E-state index in [-0.39, 0.29) is 43.0 Å². The number of esters is 1. The standard InChI is InChI=1S/C25H25FN4O5/c1-5-25(2)16-7-19-21-14(10-30(19)22(31)15(16)11-35-23(25)32)13(9-28-24(33)27-3)12-6-20(34-4)17(26)8-18(12)29-21/h6-8H,5,9-11H2,1-4H3,(H2,27,28,33)/t25-/m1/s1. The predicted octanol–water partition coefficient (Wildman–Crippen LogP) is 2.73. The summed E-state index contributed by atoms with van der Waals surface area (Å²) in [6.07, 6.45) is 0.464. The molecule has 3 aromatic rings. The SMILES string of the molecule is CC[C@@]1(C)C(=O)OCc2c1cc1n(c2=O)Cc2c-1nc1cc(F)c(OC)cc1c2CNC(=O)NC. The molecule has 1 aromatic carbocycles. The van der Waals surface area contributed by atoms with E-state index in [9.17, 15) is 18.8 Å². The Kier molecular flexibility index (Phi) is 5.26. The van der Waals surface area contributed by atoms with Gasteiger partial charge in [-0.3, -0.25) is 9.59 Å². The van der Waals surface area contributed by atoms with E-state index in [1.54, 1.807) is 17.6 Å². The normalized spacial score (nSPS) is 17.9. The molecule has 0 fully saturated rings. The summed E-state index contributed by atoms with van der Waals surface area (Å²) in [6.45, 7) is 3.92. The van der Waals surface area contributed by atoms with E-state index in [0.29, 0.717) is 45.4 Å². The second-order valence-corrected chi connectivity index (χ2v) is 8.93. The largest absolute Gasteiger partial charge is 0.494 e. The number of halogens is 1. The molecular formula is C25H25FN4O5. The first-order valence-electron chi connectivity index (χ1n) is 11.3. The van der Waals surface area contributed by atoms with E-state index in [2.05, 4.69) is 10.6 Å². The predicted molar refractivity (Wildman–Crippen MR) is 126 cm³/mol. The molecule has 2 amide bonds. The van der Waals surface area contributed by atoms with Crippen molar-refractivity contribution in [3.8, 4) is 17.1 Å². The van der Waals surface area contributed by atoms with Crippen LogP contribution in [0, 0.1) is 5.82 Å². The summed E-state index contributed by atoms with van der Waals surface area (Å²) < 4.78 is 26.7. The van der Waals surface area contributed by atoms with Crippen molar-refractivity contribution in [2.45, 2.75) is 45.4 Å². The molecule has 0 radical (unpaired) electrons. The number of urea groups is 1. The van der Waals surface area contributed by atoms with Crippen LogP contribution in [0.5, 0.6) is 5.75 Å². The number of carbonyl (C=O) groups is 2. The molecule has 35 heavy (non-hydrogen) atoms. The minimum Gasteiger partial charge on any atom is -0.494 e. The molecule has 2 aliphatic heterocycles. The number of ether oxygens (including phenoxy) is 2. The highest BCUT2D eigenvalue weighted by atomic mass is 19.1. The zero-order chi connectivity index (χ0) is 25.1. The van der Waals surface area contributed by atoms with Gasteiger partial charge in [-0.1, -0.05) is 6.92 Å². The average molecular weight is 480 g/mol. The number of hydrogen-bond acceptors (Lipinski definition) is 6. The van der Waals surface area contributed by atoms with E-state index in [4.69, 9.17) is 14.5 Å². The van der Waals surface area contributed by atoms with Crippen molar-refractivity contribution in [1.29, 1.82) is 0 Å². The van der Waals surface area contributed by atoms with Crippen LogP contribution in [0.3, 0.4) is 0 Å². The molecule has 0 aliphatic carbocycles. The van der Waals surface area contributed by atoms with Crippen molar-refractivity contribution in [3.63, 3.8) is 0 Å². The summed E-state index contributed by atoms with van der Waals surface area (Å²) in [5, 5.41) is 5.91.